The highest BCUT2D eigenvalue weighted by Crippen LogP contribution is 2.28. The molecule has 1 aliphatic rings. The first-order chi connectivity index (χ1) is 9.79. The molecule has 21 heavy (non-hydrogen) atoms. The average Bonchev–Trinajstić information content (AvgIpc) is 3.21. The standard InChI is InChI=1S/C12H18N2O5S2/c13-20(15,16)11-2-1-3-12(8-11)21(17,18)14-6-7-19-9-10-4-5-10/h1-3,8,10,14H,4-7,9H2,(H2,13,15,16). The van der Waals surface area contributed by atoms with Gasteiger partial charge in [0.2, 0.25) is 20.0 Å². The molecule has 1 saturated carbocycles. The summed E-state index contributed by atoms with van der Waals surface area (Å²) in [6.45, 7) is 1.07. The van der Waals surface area contributed by atoms with Gasteiger partial charge in [-0.05, 0) is 37.0 Å². The van der Waals surface area contributed by atoms with E-state index in [2.05, 4.69) is 4.72 Å². The van der Waals surface area contributed by atoms with Crippen LogP contribution in [0.3, 0.4) is 0 Å². The van der Waals surface area contributed by atoms with Crippen LogP contribution in [-0.4, -0.2) is 36.6 Å². The van der Waals surface area contributed by atoms with E-state index in [0.717, 1.165) is 6.07 Å². The lowest BCUT2D eigenvalue weighted by molar-refractivity contribution is 0.129. The Hall–Kier alpha value is -1.00. The lowest BCUT2D eigenvalue weighted by Gasteiger charge is -2.08. The van der Waals surface area contributed by atoms with E-state index in [0.29, 0.717) is 12.5 Å². The molecule has 1 fully saturated rings. The highest BCUT2D eigenvalue weighted by molar-refractivity contribution is 7.90. The second-order valence-electron chi connectivity index (χ2n) is 4.94. The van der Waals surface area contributed by atoms with Crippen molar-refractivity contribution in [3.05, 3.63) is 24.3 Å². The first-order valence-electron chi connectivity index (χ1n) is 6.49. The number of rotatable bonds is 8. The van der Waals surface area contributed by atoms with Gasteiger partial charge in [-0.3, -0.25) is 0 Å². The highest BCUT2D eigenvalue weighted by Gasteiger charge is 2.21. The zero-order valence-corrected chi connectivity index (χ0v) is 13.0. The maximum atomic E-state index is 12.0. The van der Waals surface area contributed by atoms with E-state index in [-0.39, 0.29) is 22.9 Å². The molecule has 0 amide bonds. The van der Waals surface area contributed by atoms with E-state index in [1.165, 1.54) is 31.0 Å². The molecule has 1 aromatic carbocycles. The van der Waals surface area contributed by atoms with Gasteiger partial charge in [-0.15, -0.1) is 0 Å². The van der Waals surface area contributed by atoms with Crippen molar-refractivity contribution in [2.45, 2.75) is 22.6 Å². The molecular weight excluding hydrogens is 316 g/mol. The maximum Gasteiger partial charge on any atom is 0.240 e. The SMILES string of the molecule is NS(=O)(=O)c1cccc(S(=O)(=O)NCCOCC2CC2)c1. The van der Waals surface area contributed by atoms with Gasteiger partial charge >= 0.3 is 0 Å². The average molecular weight is 334 g/mol. The van der Waals surface area contributed by atoms with Crippen LogP contribution in [0.1, 0.15) is 12.8 Å². The van der Waals surface area contributed by atoms with Crippen LogP contribution in [0.5, 0.6) is 0 Å². The quantitative estimate of drug-likeness (QED) is 0.651. The summed E-state index contributed by atoms with van der Waals surface area (Å²) in [4.78, 5) is -0.383. The summed E-state index contributed by atoms with van der Waals surface area (Å²) in [5, 5.41) is 4.98. The van der Waals surface area contributed by atoms with Gasteiger partial charge in [0.15, 0.2) is 0 Å². The summed E-state index contributed by atoms with van der Waals surface area (Å²) in [6.07, 6.45) is 2.35. The lowest BCUT2D eigenvalue weighted by Crippen LogP contribution is -2.28. The van der Waals surface area contributed by atoms with Crippen LogP contribution in [0.25, 0.3) is 0 Å². The molecule has 1 aromatic rings. The molecule has 1 aliphatic carbocycles. The van der Waals surface area contributed by atoms with E-state index in [1.807, 2.05) is 0 Å². The Labute approximate surface area is 124 Å². The minimum Gasteiger partial charge on any atom is -0.380 e. The molecule has 3 N–H and O–H groups in total. The van der Waals surface area contributed by atoms with Crippen molar-refractivity contribution < 1.29 is 21.6 Å². The smallest absolute Gasteiger partial charge is 0.240 e. The summed E-state index contributed by atoms with van der Waals surface area (Å²) in [5.41, 5.74) is 0. The summed E-state index contributed by atoms with van der Waals surface area (Å²) < 4.78 is 54.2. The van der Waals surface area contributed by atoms with Gasteiger partial charge in [0.25, 0.3) is 0 Å². The van der Waals surface area contributed by atoms with Crippen molar-refractivity contribution >= 4 is 20.0 Å². The van der Waals surface area contributed by atoms with Crippen LogP contribution in [-0.2, 0) is 24.8 Å². The third-order valence-corrected chi connectivity index (χ3v) is 5.40. The first-order valence-corrected chi connectivity index (χ1v) is 9.52. The van der Waals surface area contributed by atoms with Gasteiger partial charge in [0.05, 0.1) is 16.4 Å². The van der Waals surface area contributed by atoms with Crippen LogP contribution in [0, 0.1) is 5.92 Å². The fourth-order valence-corrected chi connectivity index (χ4v) is 3.38. The van der Waals surface area contributed by atoms with E-state index in [1.54, 1.807) is 0 Å². The Balaban J connectivity index is 1.94. The number of nitrogens with one attached hydrogen (secondary N) is 1. The zero-order valence-electron chi connectivity index (χ0n) is 11.4. The Kier molecular flexibility index (Phi) is 4.99. The lowest BCUT2D eigenvalue weighted by atomic mass is 10.4. The minimum absolute atomic E-state index is 0.134. The second-order valence-corrected chi connectivity index (χ2v) is 8.26. The molecule has 0 atom stereocenters. The van der Waals surface area contributed by atoms with Gasteiger partial charge in [0.1, 0.15) is 0 Å². The Morgan fingerprint density at radius 1 is 1.19 bits per heavy atom. The second kappa shape index (κ2) is 6.41. The van der Waals surface area contributed by atoms with Crippen molar-refractivity contribution in [1.29, 1.82) is 0 Å². The van der Waals surface area contributed by atoms with Crippen LogP contribution >= 0.6 is 0 Å². The van der Waals surface area contributed by atoms with Gasteiger partial charge in [0, 0.05) is 13.2 Å². The topological polar surface area (TPSA) is 116 Å². The minimum atomic E-state index is -3.93. The van der Waals surface area contributed by atoms with Crippen LogP contribution in [0.4, 0.5) is 0 Å². The van der Waals surface area contributed by atoms with Crippen LogP contribution in [0.15, 0.2) is 34.1 Å². The molecule has 0 radical (unpaired) electrons. The molecule has 0 unspecified atom stereocenters. The van der Waals surface area contributed by atoms with E-state index < -0.39 is 20.0 Å². The molecular formula is C12H18N2O5S2. The zero-order chi connectivity index (χ0) is 15.5. The van der Waals surface area contributed by atoms with Gasteiger partial charge in [-0.2, -0.15) is 0 Å². The molecule has 0 spiro atoms. The molecule has 0 heterocycles. The number of nitrogens with two attached hydrogens (primary N) is 1. The third kappa shape index (κ3) is 5.04. The molecule has 9 heteroatoms. The summed E-state index contributed by atoms with van der Waals surface area (Å²) in [5.74, 6) is 0.619. The molecule has 0 saturated heterocycles. The van der Waals surface area contributed by atoms with E-state index in [9.17, 15) is 16.8 Å². The van der Waals surface area contributed by atoms with Crippen molar-refractivity contribution in [2.75, 3.05) is 19.8 Å². The van der Waals surface area contributed by atoms with Gasteiger partial charge < -0.3 is 4.74 Å². The maximum absolute atomic E-state index is 12.0. The Morgan fingerprint density at radius 3 is 2.48 bits per heavy atom. The van der Waals surface area contributed by atoms with Gasteiger partial charge in [-0.1, -0.05) is 6.07 Å². The fourth-order valence-electron chi connectivity index (χ4n) is 1.68. The predicted octanol–water partition coefficient (Wildman–Crippen LogP) is 0.0389. The molecule has 0 aliphatic heterocycles. The van der Waals surface area contributed by atoms with Crippen molar-refractivity contribution in [3.63, 3.8) is 0 Å². The third-order valence-electron chi connectivity index (χ3n) is 3.03. The number of benzene rings is 1. The largest absolute Gasteiger partial charge is 0.380 e. The Bertz CT molecular complexity index is 696. The summed E-state index contributed by atoms with van der Waals surface area (Å²) in [7, 11) is -7.71. The number of hydrogen-bond acceptors (Lipinski definition) is 5. The summed E-state index contributed by atoms with van der Waals surface area (Å²) >= 11 is 0. The molecule has 0 aromatic heterocycles. The number of hydrogen-bond donors (Lipinski definition) is 2. The number of sulfonamides is 2. The van der Waals surface area contributed by atoms with Crippen LogP contribution < -0.4 is 9.86 Å². The summed E-state index contributed by atoms with van der Waals surface area (Å²) in [6, 6.07) is 4.91. The first kappa shape index (κ1) is 16.4. The van der Waals surface area contributed by atoms with Crippen molar-refractivity contribution in [2.24, 2.45) is 11.1 Å². The fraction of sp³-hybridized carbons (Fsp3) is 0.500. The normalized spacial score (nSPS) is 16.0. The van der Waals surface area contributed by atoms with Crippen molar-refractivity contribution in [3.8, 4) is 0 Å². The van der Waals surface area contributed by atoms with E-state index >= 15 is 0 Å². The Morgan fingerprint density at radius 2 is 1.86 bits per heavy atom. The number of primary sulfonamides is 1. The van der Waals surface area contributed by atoms with E-state index in [4.69, 9.17) is 9.88 Å². The molecule has 118 valence electrons. The predicted molar refractivity (Wildman–Crippen MR) is 76.5 cm³/mol. The molecule has 7 nitrogen and oxygen atoms in total. The van der Waals surface area contributed by atoms with Crippen LogP contribution in [0.2, 0.25) is 0 Å². The van der Waals surface area contributed by atoms with Crippen molar-refractivity contribution in [1.82, 2.24) is 4.72 Å². The monoisotopic (exact) mass is 334 g/mol. The highest BCUT2D eigenvalue weighted by atomic mass is 32.2. The van der Waals surface area contributed by atoms with Gasteiger partial charge in [-0.25, -0.2) is 26.7 Å². The number of ether oxygens (including phenoxy) is 1. The molecule has 0 bridgehead atoms. The molecule has 2 rings (SSSR count).